The monoisotopic (exact) mass is 373 g/mol. The Balaban J connectivity index is 1.43. The Labute approximate surface area is 162 Å². The number of nitrogens with zero attached hydrogens (tertiary/aromatic N) is 1. The zero-order valence-electron chi connectivity index (χ0n) is 15.1. The standard InChI is InChI=1S/C22H19N3O3/c23-14-17-5-3-16(4-6-17)9-12-21(26)24-15-18-7-10-19(11-8-18)25-22(27)20-2-1-13-28-20/h1-8,10-11,13H,9,12,15H2,(H,24,26)(H,25,27). The van der Waals surface area contributed by atoms with E-state index in [-0.39, 0.29) is 17.6 Å². The van der Waals surface area contributed by atoms with Gasteiger partial charge in [0, 0.05) is 18.7 Å². The first-order valence-electron chi connectivity index (χ1n) is 8.83. The van der Waals surface area contributed by atoms with Gasteiger partial charge in [-0.1, -0.05) is 24.3 Å². The number of nitrogens with one attached hydrogen (secondary N) is 2. The van der Waals surface area contributed by atoms with Crippen molar-refractivity contribution in [2.45, 2.75) is 19.4 Å². The summed E-state index contributed by atoms with van der Waals surface area (Å²) < 4.78 is 5.05. The topological polar surface area (TPSA) is 95.1 Å². The van der Waals surface area contributed by atoms with Gasteiger partial charge in [0.25, 0.3) is 5.91 Å². The quantitative estimate of drug-likeness (QED) is 0.661. The molecule has 0 saturated heterocycles. The maximum Gasteiger partial charge on any atom is 0.291 e. The summed E-state index contributed by atoms with van der Waals surface area (Å²) in [5.74, 6) is -0.105. The molecule has 2 N–H and O–H groups in total. The van der Waals surface area contributed by atoms with E-state index in [1.54, 1.807) is 36.4 Å². The van der Waals surface area contributed by atoms with E-state index in [0.29, 0.717) is 30.6 Å². The number of aryl methyl sites for hydroxylation is 1. The Hall–Kier alpha value is -3.85. The Morgan fingerprint density at radius 2 is 1.68 bits per heavy atom. The van der Waals surface area contributed by atoms with Crippen molar-refractivity contribution in [2.24, 2.45) is 0 Å². The van der Waals surface area contributed by atoms with Crippen molar-refractivity contribution in [3.05, 3.63) is 89.4 Å². The number of carbonyl (C=O) groups excluding carboxylic acids is 2. The van der Waals surface area contributed by atoms with Crippen molar-refractivity contribution in [1.82, 2.24) is 5.32 Å². The minimum Gasteiger partial charge on any atom is -0.459 e. The number of rotatable bonds is 7. The predicted molar refractivity (Wildman–Crippen MR) is 104 cm³/mol. The van der Waals surface area contributed by atoms with Crippen molar-refractivity contribution < 1.29 is 14.0 Å². The van der Waals surface area contributed by atoms with Gasteiger partial charge in [0.2, 0.25) is 5.91 Å². The highest BCUT2D eigenvalue weighted by Crippen LogP contribution is 2.12. The molecule has 0 aliphatic rings. The SMILES string of the molecule is N#Cc1ccc(CCC(=O)NCc2ccc(NC(=O)c3ccco3)cc2)cc1. The molecule has 6 heteroatoms. The number of nitriles is 1. The zero-order valence-corrected chi connectivity index (χ0v) is 15.1. The van der Waals surface area contributed by atoms with Gasteiger partial charge < -0.3 is 15.1 Å². The fourth-order valence-electron chi connectivity index (χ4n) is 2.60. The molecule has 2 aromatic carbocycles. The molecule has 28 heavy (non-hydrogen) atoms. The molecule has 0 spiro atoms. The van der Waals surface area contributed by atoms with Gasteiger partial charge in [-0.25, -0.2) is 0 Å². The van der Waals surface area contributed by atoms with E-state index in [2.05, 4.69) is 16.7 Å². The third-order valence-electron chi connectivity index (χ3n) is 4.17. The van der Waals surface area contributed by atoms with Crippen LogP contribution in [-0.2, 0) is 17.8 Å². The van der Waals surface area contributed by atoms with Crippen LogP contribution in [0.3, 0.4) is 0 Å². The van der Waals surface area contributed by atoms with Gasteiger partial charge in [0.1, 0.15) is 0 Å². The number of anilines is 1. The molecule has 2 amide bonds. The summed E-state index contributed by atoms with van der Waals surface area (Å²) in [6, 6.07) is 19.8. The van der Waals surface area contributed by atoms with Crippen LogP contribution < -0.4 is 10.6 Å². The van der Waals surface area contributed by atoms with Gasteiger partial charge in [-0.15, -0.1) is 0 Å². The molecule has 1 aromatic heterocycles. The van der Waals surface area contributed by atoms with Crippen LogP contribution in [0, 0.1) is 11.3 Å². The third kappa shape index (κ3) is 5.32. The van der Waals surface area contributed by atoms with Crippen molar-refractivity contribution in [3.8, 4) is 6.07 Å². The molecule has 0 bridgehead atoms. The summed E-state index contributed by atoms with van der Waals surface area (Å²) in [5, 5.41) is 14.4. The smallest absolute Gasteiger partial charge is 0.291 e. The van der Waals surface area contributed by atoms with Crippen molar-refractivity contribution in [1.29, 1.82) is 5.26 Å². The van der Waals surface area contributed by atoms with Gasteiger partial charge in [-0.05, 0) is 53.9 Å². The molecule has 140 valence electrons. The minimum absolute atomic E-state index is 0.0421. The summed E-state index contributed by atoms with van der Waals surface area (Å²) in [7, 11) is 0. The van der Waals surface area contributed by atoms with Crippen LogP contribution in [0.4, 0.5) is 5.69 Å². The Morgan fingerprint density at radius 1 is 0.964 bits per heavy atom. The van der Waals surface area contributed by atoms with Gasteiger partial charge in [-0.3, -0.25) is 9.59 Å². The second kappa shape index (κ2) is 9.19. The molecule has 3 rings (SSSR count). The highest BCUT2D eigenvalue weighted by molar-refractivity contribution is 6.02. The van der Waals surface area contributed by atoms with Gasteiger partial charge in [0.15, 0.2) is 5.76 Å². The lowest BCUT2D eigenvalue weighted by Gasteiger charge is -2.07. The van der Waals surface area contributed by atoms with E-state index >= 15 is 0 Å². The molecule has 0 unspecified atom stereocenters. The summed E-state index contributed by atoms with van der Waals surface area (Å²) in [6.45, 7) is 0.415. The number of amides is 2. The Morgan fingerprint density at radius 3 is 2.32 bits per heavy atom. The van der Waals surface area contributed by atoms with Gasteiger partial charge in [-0.2, -0.15) is 5.26 Å². The Kier molecular flexibility index (Phi) is 6.21. The molecular formula is C22H19N3O3. The van der Waals surface area contributed by atoms with Crippen LogP contribution >= 0.6 is 0 Å². The van der Waals surface area contributed by atoms with E-state index in [4.69, 9.17) is 9.68 Å². The average molecular weight is 373 g/mol. The van der Waals surface area contributed by atoms with E-state index in [1.807, 2.05) is 24.3 Å². The molecule has 0 fully saturated rings. The first-order chi connectivity index (χ1) is 13.6. The van der Waals surface area contributed by atoms with E-state index < -0.39 is 0 Å². The second-order valence-corrected chi connectivity index (χ2v) is 6.21. The van der Waals surface area contributed by atoms with Crippen molar-refractivity contribution in [2.75, 3.05) is 5.32 Å². The molecule has 0 aliphatic heterocycles. The predicted octanol–water partition coefficient (Wildman–Crippen LogP) is 3.65. The maximum atomic E-state index is 12.0. The summed E-state index contributed by atoms with van der Waals surface area (Å²) in [6.07, 6.45) is 2.44. The maximum absolute atomic E-state index is 12.0. The highest BCUT2D eigenvalue weighted by atomic mass is 16.3. The fourth-order valence-corrected chi connectivity index (χ4v) is 2.60. The first kappa shape index (κ1) is 18.9. The summed E-state index contributed by atoms with van der Waals surface area (Å²) >= 11 is 0. The van der Waals surface area contributed by atoms with Crippen LogP contribution in [0.15, 0.2) is 71.3 Å². The minimum atomic E-state index is -0.311. The van der Waals surface area contributed by atoms with Gasteiger partial charge >= 0.3 is 0 Å². The number of hydrogen-bond donors (Lipinski definition) is 2. The van der Waals surface area contributed by atoms with Crippen LogP contribution in [-0.4, -0.2) is 11.8 Å². The van der Waals surface area contributed by atoms with E-state index in [1.165, 1.54) is 6.26 Å². The van der Waals surface area contributed by atoms with Crippen LogP contribution in [0.2, 0.25) is 0 Å². The molecule has 0 radical (unpaired) electrons. The van der Waals surface area contributed by atoms with Crippen molar-refractivity contribution >= 4 is 17.5 Å². The number of hydrogen-bond acceptors (Lipinski definition) is 4. The molecular weight excluding hydrogens is 354 g/mol. The van der Waals surface area contributed by atoms with Crippen LogP contribution in [0.25, 0.3) is 0 Å². The lowest BCUT2D eigenvalue weighted by Crippen LogP contribution is -2.23. The molecule has 0 saturated carbocycles. The summed E-state index contributed by atoms with van der Waals surface area (Å²) in [4.78, 5) is 23.9. The number of benzene rings is 2. The molecule has 0 aliphatic carbocycles. The summed E-state index contributed by atoms with van der Waals surface area (Å²) in [5.41, 5.74) is 3.21. The Bertz CT molecular complexity index is 969. The van der Waals surface area contributed by atoms with Crippen molar-refractivity contribution in [3.63, 3.8) is 0 Å². The van der Waals surface area contributed by atoms with E-state index in [0.717, 1.165) is 11.1 Å². The van der Waals surface area contributed by atoms with E-state index in [9.17, 15) is 9.59 Å². The molecule has 3 aromatic rings. The fraction of sp³-hybridized carbons (Fsp3) is 0.136. The lowest BCUT2D eigenvalue weighted by molar-refractivity contribution is -0.121. The van der Waals surface area contributed by atoms with Crippen LogP contribution in [0.1, 0.15) is 33.7 Å². The largest absolute Gasteiger partial charge is 0.459 e. The average Bonchev–Trinajstić information content (AvgIpc) is 3.27. The van der Waals surface area contributed by atoms with Crippen LogP contribution in [0.5, 0.6) is 0 Å². The van der Waals surface area contributed by atoms with Gasteiger partial charge in [0.05, 0.1) is 17.9 Å². The zero-order chi connectivity index (χ0) is 19.8. The lowest BCUT2D eigenvalue weighted by atomic mass is 10.1. The first-order valence-corrected chi connectivity index (χ1v) is 8.83. The molecule has 0 atom stereocenters. The normalized spacial score (nSPS) is 10.1. The second-order valence-electron chi connectivity index (χ2n) is 6.21. The third-order valence-corrected chi connectivity index (χ3v) is 4.17. The molecule has 1 heterocycles. The molecule has 6 nitrogen and oxygen atoms in total. The highest BCUT2D eigenvalue weighted by Gasteiger charge is 2.08. The number of furan rings is 1. The number of carbonyl (C=O) groups is 2.